The second kappa shape index (κ2) is 7.93. The summed E-state index contributed by atoms with van der Waals surface area (Å²) < 4.78 is 0. The quantitative estimate of drug-likeness (QED) is 0.655. The molecule has 0 fully saturated rings. The van der Waals surface area contributed by atoms with Crippen molar-refractivity contribution in [1.29, 1.82) is 0 Å². The van der Waals surface area contributed by atoms with E-state index >= 15 is 0 Å². The zero-order chi connectivity index (χ0) is 12.0. The van der Waals surface area contributed by atoms with Crippen LogP contribution >= 0.6 is 24.0 Å². The zero-order valence-electron chi connectivity index (χ0n) is 9.52. The first kappa shape index (κ1) is 15.8. The van der Waals surface area contributed by atoms with E-state index in [2.05, 4.69) is 11.9 Å². The van der Waals surface area contributed by atoms with Crippen molar-refractivity contribution in [3.63, 3.8) is 0 Å². The van der Waals surface area contributed by atoms with E-state index < -0.39 is 0 Å². The predicted molar refractivity (Wildman–Crippen MR) is 75.0 cm³/mol. The molecule has 1 atom stereocenters. The minimum atomic E-state index is -0.283. The molecule has 0 heterocycles. The smallest absolute Gasteiger partial charge is 0.184 e. The van der Waals surface area contributed by atoms with E-state index in [1.165, 1.54) is 0 Å². The molecule has 0 bridgehead atoms. The van der Waals surface area contributed by atoms with E-state index in [0.717, 1.165) is 0 Å². The average molecular weight is 272 g/mol. The van der Waals surface area contributed by atoms with Crippen LogP contribution < -0.4 is 5.32 Å². The van der Waals surface area contributed by atoms with Crippen LogP contribution in [0.3, 0.4) is 0 Å². The van der Waals surface area contributed by atoms with Gasteiger partial charge < -0.3 is 5.32 Å². The van der Waals surface area contributed by atoms with Crippen molar-refractivity contribution in [3.8, 4) is 0 Å². The van der Waals surface area contributed by atoms with Crippen molar-refractivity contribution in [2.45, 2.75) is 13.0 Å². The highest BCUT2D eigenvalue weighted by molar-refractivity contribution is 6.31. The summed E-state index contributed by atoms with van der Waals surface area (Å²) in [6.45, 7) is 5.35. The van der Waals surface area contributed by atoms with Crippen LogP contribution in [-0.4, -0.2) is 11.8 Å². The highest BCUT2D eigenvalue weighted by Crippen LogP contribution is 2.12. The lowest BCUT2D eigenvalue weighted by Crippen LogP contribution is -2.30. The fourth-order valence-corrected chi connectivity index (χ4v) is 1.43. The fraction of sp³-hybridized carbons (Fsp3) is 0.154. The van der Waals surface area contributed by atoms with Crippen molar-refractivity contribution in [2.24, 2.45) is 0 Å². The number of halogens is 2. The van der Waals surface area contributed by atoms with Crippen LogP contribution in [0.1, 0.15) is 17.3 Å². The second-order valence-electron chi connectivity index (χ2n) is 3.36. The monoisotopic (exact) mass is 271 g/mol. The summed E-state index contributed by atoms with van der Waals surface area (Å²) in [6.07, 6.45) is 5.07. The number of ketones is 1. The van der Waals surface area contributed by atoms with Gasteiger partial charge in [-0.15, -0.1) is 12.4 Å². The third-order valence-corrected chi connectivity index (χ3v) is 2.32. The molecule has 1 rings (SSSR count). The molecule has 0 aliphatic rings. The lowest BCUT2D eigenvalue weighted by atomic mass is 10.1. The van der Waals surface area contributed by atoms with Crippen LogP contribution in [0.25, 0.3) is 0 Å². The molecule has 0 aliphatic heterocycles. The topological polar surface area (TPSA) is 29.1 Å². The number of rotatable bonds is 5. The van der Waals surface area contributed by atoms with E-state index in [1.54, 1.807) is 49.5 Å². The van der Waals surface area contributed by atoms with Gasteiger partial charge in [-0.3, -0.25) is 4.79 Å². The van der Waals surface area contributed by atoms with Gasteiger partial charge in [0.1, 0.15) is 0 Å². The molecule has 0 amide bonds. The number of hydrogen-bond donors (Lipinski definition) is 1. The fourth-order valence-electron chi connectivity index (χ4n) is 1.24. The molecule has 4 heteroatoms. The normalized spacial score (nSPS) is 11.6. The first-order valence-corrected chi connectivity index (χ1v) is 5.36. The summed E-state index contributed by atoms with van der Waals surface area (Å²) in [5, 5.41) is 3.53. The molecule has 1 unspecified atom stereocenters. The summed E-state index contributed by atoms with van der Waals surface area (Å²) in [5.74, 6) is 0.0104. The summed E-state index contributed by atoms with van der Waals surface area (Å²) in [6, 6.07) is 6.65. The maximum Gasteiger partial charge on any atom is 0.184 e. The van der Waals surface area contributed by atoms with Gasteiger partial charge in [-0.05, 0) is 31.3 Å². The Kier molecular flexibility index (Phi) is 7.35. The maximum absolute atomic E-state index is 11.9. The van der Waals surface area contributed by atoms with Crippen molar-refractivity contribution in [2.75, 3.05) is 0 Å². The Morgan fingerprint density at radius 2 is 2.24 bits per heavy atom. The molecular formula is C13H15Cl2NO. The first-order valence-electron chi connectivity index (χ1n) is 4.98. The van der Waals surface area contributed by atoms with Crippen LogP contribution in [0.5, 0.6) is 0 Å². The minimum absolute atomic E-state index is 0. The summed E-state index contributed by atoms with van der Waals surface area (Å²) in [4.78, 5) is 11.9. The molecule has 0 spiro atoms. The number of carbonyl (C=O) groups is 1. The zero-order valence-corrected chi connectivity index (χ0v) is 11.1. The van der Waals surface area contributed by atoms with Gasteiger partial charge in [0, 0.05) is 10.6 Å². The number of carbonyl (C=O) groups excluding carboxylic acids is 1. The average Bonchev–Trinajstić information content (AvgIpc) is 2.28. The number of hydrogen-bond acceptors (Lipinski definition) is 2. The minimum Gasteiger partial charge on any atom is -0.381 e. The summed E-state index contributed by atoms with van der Waals surface area (Å²) in [5.41, 5.74) is 0.611. The van der Waals surface area contributed by atoms with E-state index in [4.69, 9.17) is 11.6 Å². The Hall–Kier alpha value is -1.25. The largest absolute Gasteiger partial charge is 0.381 e. The van der Waals surface area contributed by atoms with E-state index in [0.29, 0.717) is 10.6 Å². The van der Waals surface area contributed by atoms with Gasteiger partial charge in [0.15, 0.2) is 5.78 Å². The molecule has 0 radical (unpaired) electrons. The Morgan fingerprint density at radius 3 is 2.82 bits per heavy atom. The molecule has 17 heavy (non-hydrogen) atoms. The predicted octanol–water partition coefficient (Wildman–Crippen LogP) is 3.62. The number of benzene rings is 1. The van der Waals surface area contributed by atoms with Crippen LogP contribution in [0.15, 0.2) is 49.2 Å². The van der Waals surface area contributed by atoms with E-state index in [1.807, 2.05) is 0 Å². The second-order valence-corrected chi connectivity index (χ2v) is 3.79. The highest BCUT2D eigenvalue weighted by Gasteiger charge is 2.13. The van der Waals surface area contributed by atoms with Crippen molar-refractivity contribution < 1.29 is 4.79 Å². The molecule has 0 saturated heterocycles. The van der Waals surface area contributed by atoms with E-state index in [9.17, 15) is 4.79 Å². The van der Waals surface area contributed by atoms with Gasteiger partial charge in [0.25, 0.3) is 0 Å². The Labute approximate surface area is 113 Å². The number of nitrogens with one attached hydrogen (secondary N) is 1. The summed E-state index contributed by atoms with van der Waals surface area (Å²) >= 11 is 5.82. The third-order valence-electron chi connectivity index (χ3n) is 2.08. The van der Waals surface area contributed by atoms with Crippen LogP contribution in [0.4, 0.5) is 0 Å². The van der Waals surface area contributed by atoms with E-state index in [-0.39, 0.29) is 24.2 Å². The molecule has 2 nitrogen and oxygen atoms in total. The first-order chi connectivity index (χ1) is 7.65. The van der Waals surface area contributed by atoms with Gasteiger partial charge in [-0.1, -0.05) is 36.4 Å². The Balaban J connectivity index is 0.00000256. The maximum atomic E-state index is 11.9. The molecular weight excluding hydrogens is 257 g/mol. The van der Waals surface area contributed by atoms with Gasteiger partial charge in [0.2, 0.25) is 0 Å². The van der Waals surface area contributed by atoms with Crippen molar-refractivity contribution in [3.05, 3.63) is 59.8 Å². The SMILES string of the molecule is C=C/C=C/NC(C)C(=O)c1cccc(Cl)c1.Cl. The lowest BCUT2D eigenvalue weighted by molar-refractivity contribution is 0.0957. The Morgan fingerprint density at radius 1 is 1.53 bits per heavy atom. The van der Waals surface area contributed by atoms with Crippen LogP contribution in [0.2, 0.25) is 5.02 Å². The van der Waals surface area contributed by atoms with Gasteiger partial charge in [-0.25, -0.2) is 0 Å². The third kappa shape index (κ3) is 5.07. The number of allylic oxidation sites excluding steroid dienone is 2. The van der Waals surface area contributed by atoms with Crippen LogP contribution in [0, 0.1) is 0 Å². The summed E-state index contributed by atoms with van der Waals surface area (Å²) in [7, 11) is 0. The molecule has 1 aromatic rings. The van der Waals surface area contributed by atoms with Gasteiger partial charge >= 0.3 is 0 Å². The molecule has 1 N–H and O–H groups in total. The molecule has 0 aliphatic carbocycles. The van der Waals surface area contributed by atoms with Gasteiger partial charge in [0.05, 0.1) is 6.04 Å². The van der Waals surface area contributed by atoms with Crippen molar-refractivity contribution in [1.82, 2.24) is 5.32 Å². The molecule has 1 aromatic carbocycles. The molecule has 0 saturated carbocycles. The van der Waals surface area contributed by atoms with Crippen molar-refractivity contribution >= 4 is 29.8 Å². The standard InChI is InChI=1S/C13H14ClNO.ClH/c1-3-4-8-15-10(2)13(16)11-6-5-7-12(14)9-11;/h3-10,15H,1H2,2H3;1H/b8-4+;. The highest BCUT2D eigenvalue weighted by atomic mass is 35.5. The Bertz CT molecular complexity index is 416. The molecule has 92 valence electrons. The van der Waals surface area contributed by atoms with Gasteiger partial charge in [-0.2, -0.15) is 0 Å². The number of Topliss-reactive ketones (excluding diaryl/α,β-unsaturated/α-hetero) is 1. The lowest BCUT2D eigenvalue weighted by Gasteiger charge is -2.10. The molecule has 0 aromatic heterocycles. The van der Waals surface area contributed by atoms with Crippen LogP contribution in [-0.2, 0) is 0 Å².